The number of benzene rings is 2. The molecule has 0 spiro atoms. The topological polar surface area (TPSA) is 51.4 Å². The van der Waals surface area contributed by atoms with Crippen LogP contribution in [0.5, 0.6) is 0 Å². The van der Waals surface area contributed by atoms with Crippen LogP contribution in [0.2, 0.25) is 0 Å². The molecule has 0 saturated carbocycles. The number of fused-ring (bicyclic) bond motifs is 3. The van der Waals surface area contributed by atoms with Crippen LogP contribution in [-0.2, 0) is 25.4 Å². The lowest BCUT2D eigenvalue weighted by Crippen LogP contribution is -2.45. The van der Waals surface area contributed by atoms with Crippen LogP contribution in [0.15, 0.2) is 84.7 Å². The van der Waals surface area contributed by atoms with Crippen molar-refractivity contribution in [2.24, 2.45) is 0 Å². The van der Waals surface area contributed by atoms with Gasteiger partial charge in [0.2, 0.25) is 0 Å². The van der Waals surface area contributed by atoms with Gasteiger partial charge in [-0.3, -0.25) is 14.6 Å². The monoisotopic (exact) mass is 570 g/mol. The fourth-order valence-electron chi connectivity index (χ4n) is 5.95. The minimum atomic E-state index is -2.83. The number of piperidine rings is 1. The predicted molar refractivity (Wildman–Crippen MR) is 166 cm³/mol. The average molecular weight is 571 g/mol. The summed E-state index contributed by atoms with van der Waals surface area (Å²) in [6.07, 6.45) is 10.7. The van der Waals surface area contributed by atoms with Crippen molar-refractivity contribution in [3.8, 4) is 0 Å². The highest BCUT2D eigenvalue weighted by molar-refractivity contribution is 5.99. The number of halogens is 2. The van der Waals surface area contributed by atoms with E-state index in [0.717, 1.165) is 75.4 Å². The first-order chi connectivity index (χ1) is 20.2. The van der Waals surface area contributed by atoms with E-state index in [1.54, 1.807) is 12.1 Å². The number of allylic oxidation sites excluding steroid dienone is 3. The molecule has 0 radical (unpaired) electrons. The number of hydrogen-bond acceptors (Lipinski definition) is 3. The number of nitrogens with one attached hydrogen (secondary N) is 2. The van der Waals surface area contributed by atoms with E-state index in [2.05, 4.69) is 51.5 Å². The molecule has 5 nitrogen and oxygen atoms in total. The lowest BCUT2D eigenvalue weighted by atomic mass is 10.0. The first kappa shape index (κ1) is 29.7. The molecule has 42 heavy (non-hydrogen) atoms. The van der Waals surface area contributed by atoms with Crippen molar-refractivity contribution in [2.45, 2.75) is 58.2 Å². The highest BCUT2D eigenvalue weighted by Crippen LogP contribution is 2.30. The predicted octanol–water partition coefficient (Wildman–Crippen LogP) is 6.88. The van der Waals surface area contributed by atoms with Gasteiger partial charge in [-0.25, -0.2) is 8.78 Å². The summed E-state index contributed by atoms with van der Waals surface area (Å²) < 4.78 is 27.2. The summed E-state index contributed by atoms with van der Waals surface area (Å²) in [6, 6.07) is 12.7. The molecule has 2 aromatic carbocycles. The van der Waals surface area contributed by atoms with E-state index in [9.17, 15) is 13.6 Å². The molecule has 7 heteroatoms. The number of carbonyl (C=O) groups excluding carboxylic acids is 1. The van der Waals surface area contributed by atoms with Gasteiger partial charge in [-0.05, 0) is 60.7 Å². The molecular weight excluding hydrogens is 530 g/mol. The van der Waals surface area contributed by atoms with E-state index in [1.165, 1.54) is 29.0 Å². The van der Waals surface area contributed by atoms with Gasteiger partial charge in [0.25, 0.3) is 11.8 Å². The van der Waals surface area contributed by atoms with Crippen molar-refractivity contribution in [3.05, 3.63) is 113 Å². The van der Waals surface area contributed by atoms with Gasteiger partial charge in [-0.2, -0.15) is 0 Å². The number of likely N-dealkylation sites (tertiary alicyclic amines) is 1. The quantitative estimate of drug-likeness (QED) is 0.218. The number of carbonyl (C=O) groups is 1. The molecule has 1 saturated heterocycles. The largest absolute Gasteiger partial charge is 0.358 e. The van der Waals surface area contributed by atoms with Gasteiger partial charge in [0.1, 0.15) is 0 Å². The second-order valence-electron chi connectivity index (χ2n) is 11.5. The van der Waals surface area contributed by atoms with Gasteiger partial charge in [0.15, 0.2) is 0 Å². The first-order valence-corrected chi connectivity index (χ1v) is 14.8. The van der Waals surface area contributed by atoms with Crippen LogP contribution >= 0.6 is 0 Å². The number of aromatic nitrogens is 1. The summed E-state index contributed by atoms with van der Waals surface area (Å²) in [7, 11) is 0. The third-order valence-corrected chi connectivity index (χ3v) is 8.41. The minimum absolute atomic E-state index is 0.0286. The summed E-state index contributed by atoms with van der Waals surface area (Å²) in [5.41, 5.74) is 9.21. The summed E-state index contributed by atoms with van der Waals surface area (Å²) in [5.74, 6) is -2.86. The van der Waals surface area contributed by atoms with Crippen molar-refractivity contribution in [1.82, 2.24) is 20.1 Å². The molecule has 3 heterocycles. The molecule has 0 unspecified atom stereocenters. The van der Waals surface area contributed by atoms with Crippen LogP contribution in [0.25, 0.3) is 10.9 Å². The number of hydrogen-bond donors (Lipinski definition) is 2. The fourth-order valence-corrected chi connectivity index (χ4v) is 5.95. The van der Waals surface area contributed by atoms with E-state index in [-0.39, 0.29) is 17.5 Å². The molecule has 220 valence electrons. The zero-order valence-corrected chi connectivity index (χ0v) is 24.6. The Morgan fingerprint density at radius 2 is 1.90 bits per heavy atom. The third kappa shape index (κ3) is 7.16. The maximum atomic E-state index is 13.6. The Bertz CT molecular complexity index is 1510. The maximum Gasteiger partial charge on any atom is 0.270 e. The van der Waals surface area contributed by atoms with Gasteiger partial charge in [-0.1, -0.05) is 49.1 Å². The Kier molecular flexibility index (Phi) is 9.22. The summed E-state index contributed by atoms with van der Waals surface area (Å²) in [6.45, 7) is 11.7. The zero-order valence-electron chi connectivity index (χ0n) is 24.6. The second-order valence-corrected chi connectivity index (χ2v) is 11.5. The van der Waals surface area contributed by atoms with Crippen LogP contribution < -0.4 is 5.32 Å². The molecule has 3 aromatic rings. The van der Waals surface area contributed by atoms with Gasteiger partial charge in [0.05, 0.1) is 0 Å². The Hall–Kier alpha value is -3.77. The van der Waals surface area contributed by atoms with Crippen LogP contribution in [0, 0.1) is 0 Å². The molecule has 1 fully saturated rings. The first-order valence-electron chi connectivity index (χ1n) is 14.8. The van der Waals surface area contributed by atoms with E-state index >= 15 is 0 Å². The molecule has 2 aliphatic rings. The smallest absolute Gasteiger partial charge is 0.270 e. The van der Waals surface area contributed by atoms with Crippen molar-refractivity contribution >= 4 is 16.8 Å². The van der Waals surface area contributed by atoms with Gasteiger partial charge >= 0.3 is 0 Å². The van der Waals surface area contributed by atoms with Crippen LogP contribution in [0.4, 0.5) is 8.78 Å². The van der Waals surface area contributed by atoms with Gasteiger partial charge < -0.3 is 10.3 Å². The number of rotatable bonds is 9. The SMILES string of the molecule is C=C=C/C=C\C(=C/C)CN1CCC(NC(=O)c2ccc3[nH]c4c(c3c2)CN(Cc2ccc(C(C)(F)F)cc2)CC4)CC1. The van der Waals surface area contributed by atoms with E-state index in [4.69, 9.17) is 0 Å². The number of amides is 1. The second kappa shape index (κ2) is 13.0. The zero-order chi connectivity index (χ0) is 29.7. The van der Waals surface area contributed by atoms with Gasteiger partial charge in [0, 0.05) is 86.4 Å². The average Bonchev–Trinajstić information content (AvgIpc) is 3.34. The molecule has 2 aliphatic heterocycles. The van der Waals surface area contributed by atoms with Gasteiger partial charge in [-0.15, -0.1) is 5.73 Å². The Labute approximate surface area is 247 Å². The van der Waals surface area contributed by atoms with E-state index in [1.807, 2.05) is 30.4 Å². The van der Waals surface area contributed by atoms with Crippen molar-refractivity contribution in [2.75, 3.05) is 26.2 Å². The Morgan fingerprint density at radius 1 is 1.14 bits per heavy atom. The number of H-pyrrole nitrogens is 1. The normalized spacial score (nSPS) is 17.4. The Morgan fingerprint density at radius 3 is 2.60 bits per heavy atom. The summed E-state index contributed by atoms with van der Waals surface area (Å²) in [5, 5.41) is 4.35. The molecule has 0 atom stereocenters. The van der Waals surface area contributed by atoms with Crippen molar-refractivity contribution < 1.29 is 13.6 Å². The molecule has 1 aromatic heterocycles. The lowest BCUT2D eigenvalue weighted by molar-refractivity contribution is 0.0174. The molecule has 0 aliphatic carbocycles. The van der Waals surface area contributed by atoms with E-state index < -0.39 is 5.92 Å². The molecule has 1 amide bonds. The molecule has 0 bridgehead atoms. The third-order valence-electron chi connectivity index (χ3n) is 8.41. The summed E-state index contributed by atoms with van der Waals surface area (Å²) in [4.78, 5) is 21.6. The Balaban J connectivity index is 1.19. The highest BCUT2D eigenvalue weighted by atomic mass is 19.3. The van der Waals surface area contributed by atoms with Crippen molar-refractivity contribution in [1.29, 1.82) is 0 Å². The lowest BCUT2D eigenvalue weighted by Gasteiger charge is -2.32. The maximum absolute atomic E-state index is 13.6. The number of nitrogens with zero attached hydrogens (tertiary/aromatic N) is 2. The molecule has 5 rings (SSSR count). The van der Waals surface area contributed by atoms with E-state index in [0.29, 0.717) is 12.1 Å². The van der Waals surface area contributed by atoms with Crippen LogP contribution in [0.3, 0.4) is 0 Å². The summed E-state index contributed by atoms with van der Waals surface area (Å²) >= 11 is 0. The minimum Gasteiger partial charge on any atom is -0.358 e. The number of alkyl halides is 2. The van der Waals surface area contributed by atoms with Crippen LogP contribution in [-0.4, -0.2) is 52.9 Å². The highest BCUT2D eigenvalue weighted by Gasteiger charge is 2.26. The molecule has 2 N–H and O–H groups in total. The van der Waals surface area contributed by atoms with Crippen LogP contribution in [0.1, 0.15) is 59.4 Å². The number of aromatic amines is 1. The standard InChI is InChI=1S/C35H40F2N4O/c1-4-6-7-8-25(5-2)22-40-18-15-29(16-19-40)38-34(42)27-11-14-32-30(21-27)31-24-41(20-17-33(31)39-32)23-26-9-12-28(13-10-26)35(3,36)37/h5-14,21,29,39H,1,15-20,22-24H2,2-3H3,(H,38,42)/b8-7-,25-5+. The van der Waals surface area contributed by atoms with Crippen molar-refractivity contribution in [3.63, 3.8) is 0 Å². The fraction of sp³-hybridized carbons (Fsp3) is 0.371. The molecular formula is C35H40F2N4O.